The average Bonchev–Trinajstić information content (AvgIpc) is 2.37. The first kappa shape index (κ1) is 17.3. The molecule has 0 spiro atoms. The predicted octanol–water partition coefficient (Wildman–Crippen LogP) is -0.582. The van der Waals surface area contributed by atoms with Gasteiger partial charge in [-0.15, -0.1) is 0 Å². The lowest BCUT2D eigenvalue weighted by Gasteiger charge is -2.38. The Morgan fingerprint density at radius 2 is 1.71 bits per heavy atom. The number of hydrogen-bond donors (Lipinski definition) is 1. The third kappa shape index (κ3) is 5.66. The molecule has 1 aliphatic rings. The number of carbonyl (C=O) groups excluding carboxylic acids is 3. The van der Waals surface area contributed by atoms with Crippen LogP contribution in [-0.2, 0) is 38.2 Å². The fraction of sp³-hybridized carbons (Fsp3) is 0.750. The SMILES string of the molecule is CC(=O)OCC1C[C@H](OC(C)=O)[C@@H](OC(C)=O)[C@H](ON)O1. The minimum atomic E-state index is -1.13. The van der Waals surface area contributed by atoms with Crippen LogP contribution in [0, 0.1) is 0 Å². The Kier molecular flexibility index (Phi) is 6.53. The molecule has 0 amide bonds. The van der Waals surface area contributed by atoms with Gasteiger partial charge in [0, 0.05) is 27.2 Å². The first-order valence-electron chi connectivity index (χ1n) is 6.32. The summed E-state index contributed by atoms with van der Waals surface area (Å²) >= 11 is 0. The Morgan fingerprint density at radius 1 is 1.10 bits per heavy atom. The minimum Gasteiger partial charge on any atom is -0.463 e. The third-order valence-electron chi connectivity index (χ3n) is 2.68. The molecule has 1 saturated heterocycles. The molecule has 0 aromatic rings. The second-order valence-corrected chi connectivity index (χ2v) is 4.52. The Morgan fingerprint density at radius 3 is 2.19 bits per heavy atom. The van der Waals surface area contributed by atoms with Crippen LogP contribution in [0.15, 0.2) is 0 Å². The quantitative estimate of drug-likeness (QED) is 0.403. The fourth-order valence-electron chi connectivity index (χ4n) is 1.97. The zero-order valence-corrected chi connectivity index (χ0v) is 12.1. The van der Waals surface area contributed by atoms with Crippen molar-refractivity contribution in [2.24, 2.45) is 5.90 Å². The highest BCUT2D eigenvalue weighted by molar-refractivity contribution is 5.67. The van der Waals surface area contributed by atoms with Crippen molar-refractivity contribution < 1.29 is 38.2 Å². The van der Waals surface area contributed by atoms with Crippen LogP contribution < -0.4 is 5.90 Å². The van der Waals surface area contributed by atoms with E-state index in [1.165, 1.54) is 20.8 Å². The number of carbonyl (C=O) groups is 3. The van der Waals surface area contributed by atoms with Gasteiger partial charge in [0.15, 0.2) is 6.10 Å². The summed E-state index contributed by atoms with van der Waals surface area (Å²) in [4.78, 5) is 37.7. The van der Waals surface area contributed by atoms with E-state index < -0.39 is 42.5 Å². The van der Waals surface area contributed by atoms with Crippen LogP contribution in [0.4, 0.5) is 0 Å². The third-order valence-corrected chi connectivity index (χ3v) is 2.68. The minimum absolute atomic E-state index is 0.0558. The summed E-state index contributed by atoms with van der Waals surface area (Å²) in [5.74, 6) is 3.49. The van der Waals surface area contributed by atoms with E-state index in [-0.39, 0.29) is 13.0 Å². The number of ether oxygens (including phenoxy) is 4. The Balaban J connectivity index is 2.80. The van der Waals surface area contributed by atoms with Crippen LogP contribution >= 0.6 is 0 Å². The molecule has 0 radical (unpaired) electrons. The Bertz CT molecular complexity index is 399. The molecule has 0 aromatic heterocycles. The van der Waals surface area contributed by atoms with Gasteiger partial charge in [0.1, 0.15) is 12.7 Å². The van der Waals surface area contributed by atoms with Gasteiger partial charge in [-0.05, 0) is 0 Å². The molecule has 21 heavy (non-hydrogen) atoms. The molecule has 1 heterocycles. The van der Waals surface area contributed by atoms with Crippen LogP contribution in [0.25, 0.3) is 0 Å². The maximum Gasteiger partial charge on any atom is 0.303 e. The molecule has 9 nitrogen and oxygen atoms in total. The lowest BCUT2D eigenvalue weighted by atomic mass is 10.0. The van der Waals surface area contributed by atoms with Crippen LogP contribution in [0.5, 0.6) is 0 Å². The van der Waals surface area contributed by atoms with Crippen LogP contribution in [-0.4, -0.2) is 49.1 Å². The van der Waals surface area contributed by atoms with Crippen molar-refractivity contribution in [1.82, 2.24) is 0 Å². The lowest BCUT2D eigenvalue weighted by molar-refractivity contribution is -0.281. The number of esters is 3. The summed E-state index contributed by atoms with van der Waals surface area (Å²) in [6.45, 7) is 3.62. The van der Waals surface area contributed by atoms with E-state index in [1.54, 1.807) is 0 Å². The molecule has 1 fully saturated rings. The van der Waals surface area contributed by atoms with Gasteiger partial charge in [-0.3, -0.25) is 19.2 Å². The molecule has 0 aliphatic carbocycles. The van der Waals surface area contributed by atoms with Crippen molar-refractivity contribution in [2.45, 2.75) is 51.8 Å². The zero-order valence-electron chi connectivity index (χ0n) is 12.1. The Labute approximate surface area is 121 Å². The molecular formula is C12H19NO8. The van der Waals surface area contributed by atoms with Crippen molar-refractivity contribution in [3.63, 3.8) is 0 Å². The summed E-state index contributed by atoms with van der Waals surface area (Å²) in [6.07, 6.45) is -3.37. The van der Waals surface area contributed by atoms with E-state index in [1.807, 2.05) is 0 Å². The number of rotatable bonds is 5. The molecule has 1 aliphatic heterocycles. The maximum atomic E-state index is 11.2. The van der Waals surface area contributed by atoms with Gasteiger partial charge in [-0.2, -0.15) is 0 Å². The van der Waals surface area contributed by atoms with E-state index in [0.717, 1.165) is 0 Å². The van der Waals surface area contributed by atoms with Crippen LogP contribution in [0.3, 0.4) is 0 Å². The largest absolute Gasteiger partial charge is 0.463 e. The highest BCUT2D eigenvalue weighted by atomic mass is 16.8. The molecule has 2 N–H and O–H groups in total. The molecule has 0 saturated carbocycles. The van der Waals surface area contributed by atoms with Gasteiger partial charge in [0.05, 0.1) is 6.10 Å². The molecule has 1 unspecified atom stereocenters. The lowest BCUT2D eigenvalue weighted by Crippen LogP contribution is -2.54. The fourth-order valence-corrected chi connectivity index (χ4v) is 1.97. The molecule has 9 heteroatoms. The van der Waals surface area contributed by atoms with Crippen LogP contribution in [0.1, 0.15) is 27.2 Å². The van der Waals surface area contributed by atoms with Crippen molar-refractivity contribution >= 4 is 17.9 Å². The summed E-state index contributed by atoms with van der Waals surface area (Å²) in [6, 6.07) is 0. The second-order valence-electron chi connectivity index (χ2n) is 4.52. The van der Waals surface area contributed by atoms with Crippen molar-refractivity contribution in [3.05, 3.63) is 0 Å². The van der Waals surface area contributed by atoms with E-state index in [2.05, 4.69) is 4.84 Å². The molecular weight excluding hydrogens is 286 g/mol. The first-order valence-corrected chi connectivity index (χ1v) is 6.32. The van der Waals surface area contributed by atoms with Crippen molar-refractivity contribution in [1.29, 1.82) is 0 Å². The average molecular weight is 305 g/mol. The second kappa shape index (κ2) is 7.91. The zero-order chi connectivity index (χ0) is 16.0. The topological polar surface area (TPSA) is 123 Å². The standard InChI is InChI=1S/C12H19NO8/c1-6(14)17-5-9-4-10(18-7(2)15)11(19-8(3)16)12(20-9)21-13/h9-12H,4-5,13H2,1-3H3/t9?,10-,11+,12-/m0/s1. The van der Waals surface area contributed by atoms with E-state index in [0.29, 0.717) is 0 Å². The van der Waals surface area contributed by atoms with Crippen molar-refractivity contribution in [2.75, 3.05) is 6.61 Å². The van der Waals surface area contributed by atoms with Gasteiger partial charge in [0.25, 0.3) is 0 Å². The van der Waals surface area contributed by atoms with Gasteiger partial charge >= 0.3 is 17.9 Å². The van der Waals surface area contributed by atoms with E-state index in [4.69, 9.17) is 24.8 Å². The molecule has 4 atom stereocenters. The highest BCUT2D eigenvalue weighted by Crippen LogP contribution is 2.26. The van der Waals surface area contributed by atoms with Crippen molar-refractivity contribution in [3.8, 4) is 0 Å². The monoisotopic (exact) mass is 305 g/mol. The van der Waals surface area contributed by atoms with Gasteiger partial charge in [-0.1, -0.05) is 0 Å². The molecule has 120 valence electrons. The van der Waals surface area contributed by atoms with Gasteiger partial charge in [0.2, 0.25) is 6.29 Å². The summed E-state index contributed by atoms with van der Waals surface area (Å²) in [5, 5.41) is 0. The molecule has 0 aromatic carbocycles. The number of hydrogen-bond acceptors (Lipinski definition) is 9. The highest BCUT2D eigenvalue weighted by Gasteiger charge is 2.44. The van der Waals surface area contributed by atoms with Crippen LogP contribution in [0.2, 0.25) is 0 Å². The molecule has 1 rings (SSSR count). The normalized spacial score (nSPS) is 28.6. The van der Waals surface area contributed by atoms with E-state index >= 15 is 0 Å². The smallest absolute Gasteiger partial charge is 0.303 e. The first-order chi connectivity index (χ1) is 9.83. The summed E-state index contributed by atoms with van der Waals surface area (Å²) < 4.78 is 20.4. The van der Waals surface area contributed by atoms with Gasteiger partial charge < -0.3 is 18.9 Å². The van der Waals surface area contributed by atoms with Gasteiger partial charge in [-0.25, -0.2) is 5.90 Å². The molecule has 0 bridgehead atoms. The Hall–Kier alpha value is -1.71. The number of nitrogens with two attached hydrogens (primary N) is 1. The maximum absolute atomic E-state index is 11.2. The summed E-state index contributed by atoms with van der Waals surface area (Å²) in [5.41, 5.74) is 0. The summed E-state index contributed by atoms with van der Waals surface area (Å²) in [7, 11) is 0. The predicted molar refractivity (Wildman–Crippen MR) is 66.3 cm³/mol. The van der Waals surface area contributed by atoms with E-state index in [9.17, 15) is 14.4 Å².